The number of non-ortho nitro benzene ring substituents is 2. The third-order valence-electron chi connectivity index (χ3n) is 6.16. The van der Waals surface area contributed by atoms with Crippen LogP contribution in [0.2, 0.25) is 0 Å². The molecule has 0 spiro atoms. The lowest BCUT2D eigenvalue weighted by Crippen LogP contribution is -2.49. The van der Waals surface area contributed by atoms with Crippen molar-refractivity contribution in [1.82, 2.24) is 10.2 Å². The summed E-state index contributed by atoms with van der Waals surface area (Å²) in [7, 11) is 0. The predicted molar refractivity (Wildman–Crippen MR) is 146 cm³/mol. The Morgan fingerprint density at radius 3 is 1.93 bits per heavy atom. The number of carbonyl (C=O) groups excluding carboxylic acids is 3. The zero-order chi connectivity index (χ0) is 29.4. The predicted octanol–water partition coefficient (Wildman–Crippen LogP) is 4.96. The molecule has 40 heavy (non-hydrogen) atoms. The molecule has 214 valence electrons. The number of rotatable bonds is 10. The molecule has 1 N–H and O–H groups in total. The zero-order valence-corrected chi connectivity index (χ0v) is 23.0. The highest BCUT2D eigenvalue weighted by molar-refractivity contribution is 8.14. The highest BCUT2D eigenvalue weighted by Gasteiger charge is 2.40. The van der Waals surface area contributed by atoms with Crippen LogP contribution in [0.3, 0.4) is 0 Å². The Kier molecular flexibility index (Phi) is 10.0. The largest absolute Gasteiger partial charge is 0.445 e. The highest BCUT2D eigenvalue weighted by Crippen LogP contribution is 2.33. The molecule has 0 unspecified atom stereocenters. The van der Waals surface area contributed by atoms with Crippen LogP contribution in [-0.2, 0) is 27.5 Å². The number of likely N-dealkylation sites (tertiary alicyclic amines) is 1. The number of amides is 2. The number of hydrogen-bond acceptors (Lipinski definition) is 10. The van der Waals surface area contributed by atoms with Crippen LogP contribution in [-0.4, -0.2) is 55.4 Å². The number of hydrogen-bond donors (Lipinski definition) is 1. The van der Waals surface area contributed by atoms with Gasteiger partial charge in [0.05, 0.1) is 9.85 Å². The summed E-state index contributed by atoms with van der Waals surface area (Å²) in [5.74, 6) is 0. The van der Waals surface area contributed by atoms with Crippen molar-refractivity contribution >= 4 is 40.4 Å². The summed E-state index contributed by atoms with van der Waals surface area (Å²) in [5.41, 5.74) is 0.231. The average Bonchev–Trinajstić information content (AvgIpc) is 3.26. The van der Waals surface area contributed by atoms with Crippen LogP contribution in [0.1, 0.15) is 44.7 Å². The smallest absolute Gasteiger partial charge is 0.410 e. The molecule has 1 saturated heterocycles. The SMILES string of the molecule is CC(=O)S[C@H]1C[C@H](CC(C)(C)NC(=O)OCc2ccc([N+](=O)[O-])cc2)N(C(=O)OCc2ccc([N+](=O)[O-])cc2)C1. The molecule has 2 aromatic rings. The van der Waals surface area contributed by atoms with Crippen molar-refractivity contribution in [3.05, 3.63) is 79.9 Å². The average molecular weight is 575 g/mol. The van der Waals surface area contributed by atoms with Gasteiger partial charge in [-0.2, -0.15) is 0 Å². The minimum Gasteiger partial charge on any atom is -0.445 e. The van der Waals surface area contributed by atoms with E-state index in [0.717, 1.165) is 11.8 Å². The summed E-state index contributed by atoms with van der Waals surface area (Å²) in [5, 5.41) is 24.2. The molecule has 1 fully saturated rings. The Hall–Kier alpha value is -4.20. The number of carbonyl (C=O) groups is 3. The molecule has 2 amide bonds. The molecule has 1 aliphatic rings. The minimum atomic E-state index is -0.802. The van der Waals surface area contributed by atoms with E-state index in [9.17, 15) is 34.6 Å². The number of alkyl carbamates (subject to hydrolysis) is 1. The van der Waals surface area contributed by atoms with Gasteiger partial charge in [0.15, 0.2) is 5.12 Å². The first kappa shape index (κ1) is 30.3. The highest BCUT2D eigenvalue weighted by atomic mass is 32.2. The van der Waals surface area contributed by atoms with Crippen LogP contribution < -0.4 is 5.32 Å². The first-order valence-electron chi connectivity index (χ1n) is 12.3. The molecule has 1 aliphatic heterocycles. The van der Waals surface area contributed by atoms with E-state index < -0.39 is 27.6 Å². The molecule has 0 aliphatic carbocycles. The van der Waals surface area contributed by atoms with Gasteiger partial charge in [-0.3, -0.25) is 25.0 Å². The van der Waals surface area contributed by atoms with E-state index in [2.05, 4.69) is 5.32 Å². The maximum absolute atomic E-state index is 13.0. The molecule has 1 heterocycles. The number of nitrogens with one attached hydrogen (secondary N) is 1. The van der Waals surface area contributed by atoms with Crippen molar-refractivity contribution in [3.63, 3.8) is 0 Å². The van der Waals surface area contributed by atoms with Crippen LogP contribution in [0.5, 0.6) is 0 Å². The van der Waals surface area contributed by atoms with Gasteiger partial charge in [-0.25, -0.2) is 9.59 Å². The summed E-state index contributed by atoms with van der Waals surface area (Å²) >= 11 is 1.15. The number of ether oxygens (including phenoxy) is 2. The Morgan fingerprint density at radius 1 is 0.950 bits per heavy atom. The Bertz CT molecular complexity index is 1250. The van der Waals surface area contributed by atoms with E-state index in [1.807, 2.05) is 0 Å². The fourth-order valence-corrected chi connectivity index (χ4v) is 5.39. The molecular formula is C26H30N4O9S. The zero-order valence-electron chi connectivity index (χ0n) is 22.2. The first-order chi connectivity index (χ1) is 18.8. The van der Waals surface area contributed by atoms with Crippen molar-refractivity contribution in [2.45, 2.75) is 63.7 Å². The number of nitro benzene ring substituents is 2. The third-order valence-corrected chi connectivity index (χ3v) is 7.16. The third kappa shape index (κ3) is 8.93. The normalized spacial score (nSPS) is 16.7. The molecule has 14 heteroatoms. The molecule has 0 aromatic heterocycles. The summed E-state index contributed by atoms with van der Waals surface area (Å²) in [6.45, 7) is 5.15. The van der Waals surface area contributed by atoms with E-state index in [1.54, 1.807) is 13.8 Å². The Morgan fingerprint density at radius 2 is 1.45 bits per heavy atom. The fourth-order valence-electron chi connectivity index (χ4n) is 4.37. The van der Waals surface area contributed by atoms with Crippen LogP contribution >= 0.6 is 11.8 Å². The van der Waals surface area contributed by atoms with E-state index >= 15 is 0 Å². The van der Waals surface area contributed by atoms with Gasteiger partial charge in [-0.1, -0.05) is 11.8 Å². The molecule has 0 radical (unpaired) electrons. The van der Waals surface area contributed by atoms with Crippen molar-refractivity contribution in [2.75, 3.05) is 6.54 Å². The van der Waals surface area contributed by atoms with Crippen molar-refractivity contribution < 1.29 is 33.7 Å². The first-order valence-corrected chi connectivity index (χ1v) is 13.2. The topological polar surface area (TPSA) is 171 Å². The van der Waals surface area contributed by atoms with Gasteiger partial charge in [0.25, 0.3) is 11.4 Å². The van der Waals surface area contributed by atoms with Crippen molar-refractivity contribution in [3.8, 4) is 0 Å². The molecule has 0 saturated carbocycles. The molecular weight excluding hydrogens is 544 g/mol. The summed E-state index contributed by atoms with van der Waals surface area (Å²) in [6, 6.07) is 11.0. The number of thioether (sulfide) groups is 1. The standard InChI is InChI=1S/C26H30N4O9S/c1-17(31)40-23-12-22(28(14-23)25(33)39-16-19-6-10-21(11-7-19)30(36)37)13-26(2,3)27-24(32)38-15-18-4-8-20(9-5-18)29(34)35/h4-11,22-23H,12-16H2,1-3H3,(H,27,32)/t22-,23+/m1/s1. The molecule has 13 nitrogen and oxygen atoms in total. The quantitative estimate of drug-likeness (QED) is 0.302. The lowest BCUT2D eigenvalue weighted by molar-refractivity contribution is -0.385. The minimum absolute atomic E-state index is 0.0667. The lowest BCUT2D eigenvalue weighted by atomic mass is 9.94. The summed E-state index contributed by atoms with van der Waals surface area (Å²) < 4.78 is 10.7. The second kappa shape index (κ2) is 13.2. The Balaban J connectivity index is 1.58. The van der Waals surface area contributed by atoms with E-state index in [1.165, 1.54) is 60.4 Å². The van der Waals surface area contributed by atoms with E-state index in [-0.39, 0.29) is 47.5 Å². The van der Waals surface area contributed by atoms with Gasteiger partial charge < -0.3 is 19.7 Å². The van der Waals surface area contributed by atoms with Crippen LogP contribution in [0.15, 0.2) is 48.5 Å². The molecule has 3 rings (SSSR count). The van der Waals surface area contributed by atoms with Gasteiger partial charge in [0.2, 0.25) is 0 Å². The van der Waals surface area contributed by atoms with Gasteiger partial charge in [0, 0.05) is 54.6 Å². The van der Waals surface area contributed by atoms with Crippen molar-refractivity contribution in [2.24, 2.45) is 0 Å². The van der Waals surface area contributed by atoms with Crippen LogP contribution in [0.4, 0.5) is 21.0 Å². The summed E-state index contributed by atoms with van der Waals surface area (Å²) in [4.78, 5) is 59.4. The Labute approximate surface area is 234 Å². The maximum Gasteiger partial charge on any atom is 0.410 e. The number of benzene rings is 2. The second-order valence-corrected chi connectivity index (χ2v) is 11.4. The molecule has 2 atom stereocenters. The van der Waals surface area contributed by atoms with Crippen molar-refractivity contribution in [1.29, 1.82) is 0 Å². The van der Waals surface area contributed by atoms with Gasteiger partial charge in [0.1, 0.15) is 13.2 Å². The van der Waals surface area contributed by atoms with Gasteiger partial charge in [-0.15, -0.1) is 0 Å². The maximum atomic E-state index is 13.0. The number of nitro groups is 2. The molecule has 2 aromatic carbocycles. The van der Waals surface area contributed by atoms with Gasteiger partial charge >= 0.3 is 12.2 Å². The van der Waals surface area contributed by atoms with E-state index in [4.69, 9.17) is 9.47 Å². The summed E-state index contributed by atoms with van der Waals surface area (Å²) in [6.07, 6.45) is -0.420. The number of nitrogens with zero attached hydrogens (tertiary/aromatic N) is 3. The second-order valence-electron chi connectivity index (χ2n) is 9.96. The van der Waals surface area contributed by atoms with E-state index in [0.29, 0.717) is 24.0 Å². The van der Waals surface area contributed by atoms with Gasteiger partial charge in [-0.05, 0) is 62.1 Å². The lowest BCUT2D eigenvalue weighted by Gasteiger charge is -2.32. The molecule has 0 bridgehead atoms. The fraction of sp³-hybridized carbons (Fsp3) is 0.423. The van der Waals surface area contributed by atoms with Crippen LogP contribution in [0, 0.1) is 20.2 Å². The van der Waals surface area contributed by atoms with Crippen LogP contribution in [0.25, 0.3) is 0 Å². The monoisotopic (exact) mass is 574 g/mol.